The molecule has 2 heterocycles. The fraction of sp³-hybridized carbons (Fsp3) is 0.250. The Kier molecular flexibility index (Phi) is 4.59. The minimum atomic E-state index is -0.166. The van der Waals surface area contributed by atoms with Crippen molar-refractivity contribution < 1.29 is 9.32 Å². The molecule has 0 N–H and O–H groups in total. The van der Waals surface area contributed by atoms with Crippen LogP contribution >= 0.6 is 15.9 Å². The summed E-state index contributed by atoms with van der Waals surface area (Å²) in [5, 5.41) is 4.10. The van der Waals surface area contributed by atoms with Gasteiger partial charge in [-0.15, -0.1) is 0 Å². The molecule has 1 aliphatic heterocycles. The van der Waals surface area contributed by atoms with Gasteiger partial charge in [0.2, 0.25) is 11.7 Å². The summed E-state index contributed by atoms with van der Waals surface area (Å²) < 4.78 is 6.50. The van der Waals surface area contributed by atoms with E-state index >= 15 is 0 Å². The van der Waals surface area contributed by atoms with Gasteiger partial charge in [-0.1, -0.05) is 38.8 Å². The van der Waals surface area contributed by atoms with Crippen LogP contribution in [0.5, 0.6) is 0 Å². The molecular weight excluding hydrogens is 394 g/mol. The average Bonchev–Trinajstić information content (AvgIpc) is 3.31. The standard InChI is InChI=1S/C20H18BrN3O2/c1-13-4-6-15(7-5-13)20(25)24-12-2-3-17(24)19-22-18(23-26-19)14-8-10-16(21)11-9-14/h4-11,17H,2-3,12H2,1H3/t17-/m1/s1. The third kappa shape index (κ3) is 3.29. The van der Waals surface area contributed by atoms with Crippen LogP contribution in [0.15, 0.2) is 57.5 Å². The summed E-state index contributed by atoms with van der Waals surface area (Å²) >= 11 is 3.42. The number of rotatable bonds is 3. The molecule has 5 nitrogen and oxygen atoms in total. The SMILES string of the molecule is Cc1ccc(C(=O)N2CCC[C@@H]2c2nc(-c3ccc(Br)cc3)no2)cc1. The van der Waals surface area contributed by atoms with Gasteiger partial charge in [-0.05, 0) is 56.2 Å². The molecule has 1 fully saturated rings. The zero-order valence-electron chi connectivity index (χ0n) is 14.4. The summed E-state index contributed by atoms with van der Waals surface area (Å²) in [6, 6.07) is 15.2. The summed E-state index contributed by atoms with van der Waals surface area (Å²) in [7, 11) is 0. The molecule has 6 heteroatoms. The summed E-state index contributed by atoms with van der Waals surface area (Å²) in [6.45, 7) is 2.71. The normalized spacial score (nSPS) is 16.8. The van der Waals surface area contributed by atoms with Crippen molar-refractivity contribution in [3.63, 3.8) is 0 Å². The molecule has 1 aromatic heterocycles. The summed E-state index contributed by atoms with van der Waals surface area (Å²) in [5.41, 5.74) is 2.71. The summed E-state index contributed by atoms with van der Waals surface area (Å²) in [6.07, 6.45) is 1.76. The Balaban J connectivity index is 1.58. The van der Waals surface area contributed by atoms with E-state index in [0.717, 1.165) is 28.4 Å². The van der Waals surface area contributed by atoms with Gasteiger partial charge in [0.25, 0.3) is 5.91 Å². The number of hydrogen-bond donors (Lipinski definition) is 0. The van der Waals surface area contributed by atoms with E-state index in [4.69, 9.17) is 4.52 Å². The van der Waals surface area contributed by atoms with Gasteiger partial charge in [0, 0.05) is 22.1 Å². The average molecular weight is 412 g/mol. The van der Waals surface area contributed by atoms with Crippen LogP contribution in [-0.2, 0) is 0 Å². The predicted octanol–water partition coefficient (Wildman–Crippen LogP) is 4.78. The van der Waals surface area contributed by atoms with Crippen LogP contribution in [0.25, 0.3) is 11.4 Å². The smallest absolute Gasteiger partial charge is 0.254 e. The number of carbonyl (C=O) groups is 1. The minimum absolute atomic E-state index is 0.0101. The van der Waals surface area contributed by atoms with Crippen molar-refractivity contribution in [1.29, 1.82) is 0 Å². The van der Waals surface area contributed by atoms with Crippen LogP contribution in [0, 0.1) is 6.92 Å². The minimum Gasteiger partial charge on any atom is -0.337 e. The number of likely N-dealkylation sites (tertiary alicyclic amines) is 1. The highest BCUT2D eigenvalue weighted by atomic mass is 79.9. The molecule has 0 aliphatic carbocycles. The van der Waals surface area contributed by atoms with E-state index < -0.39 is 0 Å². The predicted molar refractivity (Wildman–Crippen MR) is 102 cm³/mol. The Bertz CT molecular complexity index is 919. The molecule has 0 bridgehead atoms. The van der Waals surface area contributed by atoms with Gasteiger partial charge < -0.3 is 9.42 Å². The molecule has 4 rings (SSSR count). The lowest BCUT2D eigenvalue weighted by Gasteiger charge is -2.22. The van der Waals surface area contributed by atoms with E-state index in [0.29, 0.717) is 23.8 Å². The second kappa shape index (κ2) is 7.03. The first-order valence-electron chi connectivity index (χ1n) is 8.59. The molecule has 0 spiro atoms. The second-order valence-corrected chi connectivity index (χ2v) is 7.40. The quantitative estimate of drug-likeness (QED) is 0.621. The number of halogens is 1. The van der Waals surface area contributed by atoms with Gasteiger partial charge in [-0.2, -0.15) is 4.98 Å². The largest absolute Gasteiger partial charge is 0.337 e. The molecule has 0 radical (unpaired) electrons. The summed E-state index contributed by atoms with van der Waals surface area (Å²) in [4.78, 5) is 19.3. The third-order valence-corrected chi connectivity index (χ3v) is 5.17. The Morgan fingerprint density at radius 3 is 2.62 bits per heavy atom. The van der Waals surface area contributed by atoms with Crippen molar-refractivity contribution >= 4 is 21.8 Å². The van der Waals surface area contributed by atoms with Gasteiger partial charge in [0.15, 0.2) is 0 Å². The van der Waals surface area contributed by atoms with Crippen LogP contribution in [-0.4, -0.2) is 27.5 Å². The first kappa shape index (κ1) is 17.0. The van der Waals surface area contributed by atoms with E-state index in [1.807, 2.05) is 60.4 Å². The van der Waals surface area contributed by atoms with E-state index in [2.05, 4.69) is 26.1 Å². The second-order valence-electron chi connectivity index (χ2n) is 6.49. The first-order chi connectivity index (χ1) is 12.6. The number of amides is 1. The van der Waals surface area contributed by atoms with Crippen molar-refractivity contribution in [2.24, 2.45) is 0 Å². The number of hydrogen-bond acceptors (Lipinski definition) is 4. The highest BCUT2D eigenvalue weighted by Crippen LogP contribution is 2.33. The lowest BCUT2D eigenvalue weighted by Crippen LogP contribution is -2.30. The van der Waals surface area contributed by atoms with Gasteiger partial charge in [-0.25, -0.2) is 0 Å². The monoisotopic (exact) mass is 411 g/mol. The molecule has 0 saturated carbocycles. The van der Waals surface area contributed by atoms with Crippen LogP contribution in [0.2, 0.25) is 0 Å². The molecule has 26 heavy (non-hydrogen) atoms. The zero-order valence-corrected chi connectivity index (χ0v) is 15.9. The highest BCUT2D eigenvalue weighted by Gasteiger charge is 2.34. The molecule has 0 unspecified atom stereocenters. The third-order valence-electron chi connectivity index (χ3n) is 4.64. The van der Waals surface area contributed by atoms with E-state index in [-0.39, 0.29) is 11.9 Å². The van der Waals surface area contributed by atoms with Crippen LogP contribution in [0.3, 0.4) is 0 Å². The summed E-state index contributed by atoms with van der Waals surface area (Å²) in [5.74, 6) is 1.05. The van der Waals surface area contributed by atoms with Gasteiger partial charge >= 0.3 is 0 Å². The molecule has 132 valence electrons. The topological polar surface area (TPSA) is 59.2 Å². The van der Waals surface area contributed by atoms with Crippen molar-refractivity contribution in [3.8, 4) is 11.4 Å². The molecule has 1 aliphatic rings. The van der Waals surface area contributed by atoms with Crippen LogP contribution < -0.4 is 0 Å². The van der Waals surface area contributed by atoms with Crippen molar-refractivity contribution in [3.05, 3.63) is 70.0 Å². The van der Waals surface area contributed by atoms with Crippen LogP contribution in [0.4, 0.5) is 0 Å². The van der Waals surface area contributed by atoms with Crippen molar-refractivity contribution in [2.45, 2.75) is 25.8 Å². The van der Waals surface area contributed by atoms with E-state index in [9.17, 15) is 4.79 Å². The molecular formula is C20H18BrN3O2. The number of benzene rings is 2. The Morgan fingerprint density at radius 2 is 1.88 bits per heavy atom. The Labute approximate surface area is 160 Å². The van der Waals surface area contributed by atoms with Crippen molar-refractivity contribution in [1.82, 2.24) is 15.0 Å². The Morgan fingerprint density at radius 1 is 1.15 bits per heavy atom. The van der Waals surface area contributed by atoms with Gasteiger partial charge in [0.05, 0.1) is 0 Å². The lowest BCUT2D eigenvalue weighted by molar-refractivity contribution is 0.0710. The first-order valence-corrected chi connectivity index (χ1v) is 9.38. The molecule has 1 saturated heterocycles. The highest BCUT2D eigenvalue weighted by molar-refractivity contribution is 9.10. The maximum absolute atomic E-state index is 12.9. The van der Waals surface area contributed by atoms with Gasteiger partial charge in [-0.3, -0.25) is 4.79 Å². The molecule has 3 aromatic rings. The molecule has 1 atom stereocenters. The van der Waals surface area contributed by atoms with E-state index in [1.165, 1.54) is 0 Å². The maximum atomic E-state index is 12.9. The molecule has 1 amide bonds. The van der Waals surface area contributed by atoms with E-state index in [1.54, 1.807) is 0 Å². The lowest BCUT2D eigenvalue weighted by atomic mass is 10.1. The molecule has 2 aromatic carbocycles. The number of aromatic nitrogens is 2. The number of carbonyl (C=O) groups excluding carboxylic acids is 1. The zero-order chi connectivity index (χ0) is 18.1. The maximum Gasteiger partial charge on any atom is 0.254 e. The number of aryl methyl sites for hydroxylation is 1. The fourth-order valence-corrected chi connectivity index (χ4v) is 3.48. The van der Waals surface area contributed by atoms with Crippen molar-refractivity contribution in [2.75, 3.05) is 6.54 Å². The number of nitrogens with zero attached hydrogens (tertiary/aromatic N) is 3. The van der Waals surface area contributed by atoms with Crippen LogP contribution in [0.1, 0.15) is 40.7 Å². The van der Waals surface area contributed by atoms with Gasteiger partial charge in [0.1, 0.15) is 6.04 Å². The fourth-order valence-electron chi connectivity index (χ4n) is 3.22. The Hall–Kier alpha value is -2.47.